The minimum atomic E-state index is -5.05. The third-order valence-corrected chi connectivity index (χ3v) is 17.0. The fraction of sp³-hybridized carbons (Fsp3) is 0.927. The lowest BCUT2D eigenvalue weighted by Gasteiger charge is -2.64. The summed E-state index contributed by atoms with van der Waals surface area (Å²) in [4.78, 5) is 14.4. The highest BCUT2D eigenvalue weighted by Crippen LogP contribution is 2.77. The summed E-state index contributed by atoms with van der Waals surface area (Å²) in [5.41, 5.74) is -6.11. The third kappa shape index (κ3) is 6.64. The molecule has 3 aliphatic heterocycles. The molecule has 19 atom stereocenters. The van der Waals surface area contributed by atoms with Gasteiger partial charge < -0.3 is 59.4 Å². The van der Waals surface area contributed by atoms with Crippen molar-refractivity contribution in [2.24, 2.45) is 39.4 Å². The van der Waals surface area contributed by atoms with Crippen molar-refractivity contribution in [1.82, 2.24) is 0 Å². The van der Waals surface area contributed by atoms with Gasteiger partial charge in [-0.1, -0.05) is 53.2 Å². The minimum Gasteiger partial charge on any atom is -0.453 e. The number of cyclic esters (lactones) is 1. The molecule has 0 amide bonds. The summed E-state index contributed by atoms with van der Waals surface area (Å²) in [6.45, 7) is 14.9. The van der Waals surface area contributed by atoms with Crippen molar-refractivity contribution in [1.29, 1.82) is 0 Å². The maximum Gasteiger partial charge on any atom is 0.397 e. The number of aliphatic hydroxyl groups excluding tert-OH is 6. The molecule has 4 aliphatic carbocycles. The largest absolute Gasteiger partial charge is 0.453 e. The quantitative estimate of drug-likeness (QED) is 0.0665. The molecule has 6 fully saturated rings. The van der Waals surface area contributed by atoms with Crippen molar-refractivity contribution in [2.45, 2.75) is 192 Å². The van der Waals surface area contributed by atoms with E-state index in [1.165, 1.54) is 6.92 Å². The zero-order chi connectivity index (χ0) is 43.6. The minimum absolute atomic E-state index is 0.0514. The third-order valence-electron chi connectivity index (χ3n) is 16.5. The second-order valence-corrected chi connectivity index (χ2v) is 21.3. The fourth-order valence-corrected chi connectivity index (χ4v) is 13.6. The van der Waals surface area contributed by atoms with E-state index in [2.05, 4.69) is 25.0 Å². The number of carbonyl (C=O) groups excluding carboxylic acids is 1. The lowest BCUT2D eigenvalue weighted by molar-refractivity contribution is -0.362. The molecule has 0 aromatic rings. The van der Waals surface area contributed by atoms with E-state index in [-0.39, 0.29) is 24.2 Å². The number of hydrogen-bond donors (Lipinski definition) is 8. The van der Waals surface area contributed by atoms with Gasteiger partial charge in [-0.2, -0.15) is 8.42 Å². The van der Waals surface area contributed by atoms with Gasteiger partial charge in [-0.3, -0.25) is 9.35 Å². The highest BCUT2D eigenvalue weighted by atomic mass is 32.3. The summed E-state index contributed by atoms with van der Waals surface area (Å²) in [5.74, 6) is -0.638. The molecule has 338 valence electrons. The number of rotatable bonds is 10. The summed E-state index contributed by atoms with van der Waals surface area (Å²) < 4.78 is 67.6. The van der Waals surface area contributed by atoms with E-state index in [4.69, 9.17) is 23.7 Å². The average Bonchev–Trinajstić information content (AvgIpc) is 3.51. The topological polar surface area (TPSA) is 268 Å². The van der Waals surface area contributed by atoms with Crippen molar-refractivity contribution in [3.8, 4) is 0 Å². The molecule has 3 heterocycles. The van der Waals surface area contributed by atoms with Gasteiger partial charge in [0.2, 0.25) is 0 Å². The standard InChI is InChI=1S/C41H66O17S/c1-19(2)9-12-25(42)39(8)40(49)16-15-38(7)21-10-11-24-36(4,5)27(13-14-37(24,6)22(21)17-26(43)41(38,40)35(48)57-39)55-34-32(29(45)23(18-53-34)58-59(50,51)52)56-33-31(47)30(46)28(44)20(3)54-33/h17,19-21,23-34,42-47,49H,9-16,18H2,1-8H3,(H,50,51,52)/t20-,21-,23-,24+,25?,26+,27+,28-,29+,30+,31-,32-,33+,34+,37-,38+,39+,40+,41-/m1/s1. The summed E-state index contributed by atoms with van der Waals surface area (Å²) in [6, 6.07) is 0. The summed E-state index contributed by atoms with van der Waals surface area (Å²) in [7, 11) is -5.05. The predicted molar refractivity (Wildman–Crippen MR) is 205 cm³/mol. The molecule has 7 rings (SSSR count). The van der Waals surface area contributed by atoms with Crippen LogP contribution in [-0.2, 0) is 43.1 Å². The van der Waals surface area contributed by atoms with Gasteiger partial charge in [0, 0.05) is 0 Å². The molecule has 1 spiro atoms. The molecule has 0 aromatic carbocycles. The van der Waals surface area contributed by atoms with E-state index in [0.717, 1.165) is 5.57 Å². The van der Waals surface area contributed by atoms with Gasteiger partial charge in [-0.25, -0.2) is 4.18 Å². The molecule has 0 aromatic heterocycles. The molecular weight excluding hydrogens is 797 g/mol. The van der Waals surface area contributed by atoms with Crippen LogP contribution in [0.1, 0.15) is 107 Å². The first kappa shape index (κ1) is 45.7. The molecule has 59 heavy (non-hydrogen) atoms. The van der Waals surface area contributed by atoms with Gasteiger partial charge in [0.1, 0.15) is 47.6 Å². The lowest BCUT2D eigenvalue weighted by Crippen LogP contribution is -2.69. The van der Waals surface area contributed by atoms with Crippen molar-refractivity contribution < 1.29 is 81.4 Å². The van der Waals surface area contributed by atoms with Gasteiger partial charge in [-0.05, 0) is 99.2 Å². The van der Waals surface area contributed by atoms with Crippen LogP contribution in [0.5, 0.6) is 0 Å². The second kappa shape index (κ2) is 15.1. The van der Waals surface area contributed by atoms with Gasteiger partial charge in [0.25, 0.3) is 0 Å². The molecule has 3 saturated heterocycles. The SMILES string of the molecule is CC(C)CCC(O)[C@]1(C)OC(=O)[C@]23[C@@H](O)C=C4[C@@H](CC[C@H]5C(C)(C)[C@@H](O[C@@H]6OC[C@@H](OS(=O)(=O)O)[C@H](O)[C@H]6O[C@@H]6O[C@H](C)[C@@H](O)[C@H](O)[C@H]6O)CC[C@]45C)[C@]2(C)CC[C@@]31O. The number of carbonyl (C=O) groups is 1. The van der Waals surface area contributed by atoms with Crippen LogP contribution in [0.25, 0.3) is 0 Å². The smallest absolute Gasteiger partial charge is 0.397 e. The zero-order valence-corrected chi connectivity index (χ0v) is 36.1. The molecule has 3 saturated carbocycles. The molecule has 17 nitrogen and oxygen atoms in total. The molecule has 18 heteroatoms. The van der Waals surface area contributed by atoms with Crippen LogP contribution < -0.4 is 0 Å². The van der Waals surface area contributed by atoms with Crippen molar-refractivity contribution in [3.63, 3.8) is 0 Å². The van der Waals surface area contributed by atoms with Gasteiger partial charge in [0.05, 0.1) is 31.0 Å². The molecule has 1 unspecified atom stereocenters. The van der Waals surface area contributed by atoms with Gasteiger partial charge in [-0.15, -0.1) is 0 Å². The number of allylic oxidation sites excluding steroid dienone is 1. The highest BCUT2D eigenvalue weighted by Gasteiger charge is 2.86. The fourth-order valence-electron chi connectivity index (χ4n) is 13.1. The van der Waals surface area contributed by atoms with Crippen LogP contribution in [0.4, 0.5) is 0 Å². The van der Waals surface area contributed by atoms with Gasteiger partial charge >= 0.3 is 16.4 Å². The van der Waals surface area contributed by atoms with E-state index in [1.54, 1.807) is 13.0 Å². The first-order chi connectivity index (χ1) is 27.2. The number of ether oxygens (including phenoxy) is 5. The average molecular weight is 863 g/mol. The monoisotopic (exact) mass is 862 g/mol. The second-order valence-electron chi connectivity index (χ2n) is 20.3. The molecule has 7 aliphatic rings. The Hall–Kier alpha value is -1.36. The molecule has 0 radical (unpaired) electrons. The van der Waals surface area contributed by atoms with Gasteiger partial charge in [0.15, 0.2) is 18.2 Å². The molecule has 8 N–H and O–H groups in total. The summed E-state index contributed by atoms with van der Waals surface area (Å²) in [5, 5.41) is 79.4. The Labute approximate surface area is 346 Å². The van der Waals surface area contributed by atoms with Crippen molar-refractivity contribution in [3.05, 3.63) is 11.6 Å². The van der Waals surface area contributed by atoms with E-state index in [0.29, 0.717) is 44.9 Å². The predicted octanol–water partition coefficient (Wildman–Crippen LogP) is 1.27. The Balaban J connectivity index is 1.16. The van der Waals surface area contributed by atoms with Crippen LogP contribution in [-0.4, -0.2) is 146 Å². The maximum absolute atomic E-state index is 14.4. The Morgan fingerprint density at radius 3 is 2.20 bits per heavy atom. The van der Waals surface area contributed by atoms with E-state index >= 15 is 0 Å². The van der Waals surface area contributed by atoms with Crippen LogP contribution >= 0.6 is 0 Å². The molecular formula is C41H66O17S. The number of fused-ring (bicyclic) bond motifs is 4. The summed E-state index contributed by atoms with van der Waals surface area (Å²) in [6.07, 6.45) is -11.2. The van der Waals surface area contributed by atoms with Crippen molar-refractivity contribution in [2.75, 3.05) is 6.61 Å². The van der Waals surface area contributed by atoms with E-state index in [1.807, 2.05) is 20.8 Å². The van der Waals surface area contributed by atoms with E-state index < -0.39 is 129 Å². The van der Waals surface area contributed by atoms with Crippen LogP contribution in [0, 0.1) is 39.4 Å². The number of aliphatic hydroxyl groups is 7. The highest BCUT2D eigenvalue weighted by molar-refractivity contribution is 7.80. The molecule has 0 bridgehead atoms. The lowest BCUT2D eigenvalue weighted by atomic mass is 9.40. The number of hydrogen-bond acceptors (Lipinski definition) is 16. The van der Waals surface area contributed by atoms with Crippen LogP contribution in [0.2, 0.25) is 0 Å². The first-order valence-electron chi connectivity index (χ1n) is 21.2. The maximum atomic E-state index is 14.4. The van der Waals surface area contributed by atoms with Crippen molar-refractivity contribution >= 4 is 16.4 Å². The Morgan fingerprint density at radius 2 is 1.56 bits per heavy atom. The Morgan fingerprint density at radius 1 is 0.881 bits per heavy atom. The van der Waals surface area contributed by atoms with E-state index in [9.17, 15) is 53.5 Å². The zero-order valence-electron chi connectivity index (χ0n) is 35.3. The van der Waals surface area contributed by atoms with Crippen LogP contribution in [0.3, 0.4) is 0 Å². The normalized spacial score (nSPS) is 51.2. The Kier molecular flexibility index (Phi) is 11.7. The van der Waals surface area contributed by atoms with Crippen LogP contribution in [0.15, 0.2) is 11.6 Å². The summed E-state index contributed by atoms with van der Waals surface area (Å²) >= 11 is 0. The number of esters is 1. The first-order valence-corrected chi connectivity index (χ1v) is 22.6. The Bertz CT molecular complexity index is 1760.